The summed E-state index contributed by atoms with van der Waals surface area (Å²) in [7, 11) is 0. The molecule has 0 radical (unpaired) electrons. The molecule has 2 aromatic rings. The van der Waals surface area contributed by atoms with Crippen LogP contribution in [0.15, 0.2) is 42.6 Å². The first-order chi connectivity index (χ1) is 16.1. The summed E-state index contributed by atoms with van der Waals surface area (Å²) in [6, 6.07) is 10.4. The van der Waals surface area contributed by atoms with Gasteiger partial charge in [-0.1, -0.05) is 19.3 Å². The molecule has 2 aliphatic rings. The fraction of sp³-hybridized carbons (Fsp3) is 0.440. The van der Waals surface area contributed by atoms with Crippen molar-refractivity contribution < 1.29 is 19.1 Å². The van der Waals surface area contributed by atoms with E-state index in [0.717, 1.165) is 12.1 Å². The Bertz CT molecular complexity index is 986. The third kappa shape index (κ3) is 6.09. The Kier molecular flexibility index (Phi) is 7.55. The smallest absolute Gasteiger partial charge is 0.251 e. The Balaban J connectivity index is 1.27. The lowest BCUT2D eigenvalue weighted by Gasteiger charge is -2.22. The molecule has 8 nitrogen and oxygen atoms in total. The Morgan fingerprint density at radius 2 is 1.85 bits per heavy atom. The molecule has 1 saturated carbocycles. The average molecular weight is 451 g/mol. The van der Waals surface area contributed by atoms with E-state index in [1.807, 2.05) is 0 Å². The van der Waals surface area contributed by atoms with Gasteiger partial charge in [0.1, 0.15) is 0 Å². The molecule has 174 valence electrons. The van der Waals surface area contributed by atoms with Crippen molar-refractivity contribution in [3.63, 3.8) is 0 Å². The maximum atomic E-state index is 12.4. The van der Waals surface area contributed by atoms with Crippen molar-refractivity contribution in [2.45, 2.75) is 44.9 Å². The molecule has 2 N–H and O–H groups in total. The van der Waals surface area contributed by atoms with Gasteiger partial charge in [0.2, 0.25) is 11.8 Å². The van der Waals surface area contributed by atoms with Gasteiger partial charge in [-0.05, 0) is 61.6 Å². The molecule has 33 heavy (non-hydrogen) atoms. The zero-order chi connectivity index (χ0) is 23.0. The predicted octanol–water partition coefficient (Wildman–Crippen LogP) is 3.54. The minimum atomic E-state index is -0.385. The molecule has 2 fully saturated rings. The van der Waals surface area contributed by atoms with Crippen molar-refractivity contribution in [1.82, 2.24) is 10.3 Å². The van der Waals surface area contributed by atoms with Crippen molar-refractivity contribution in [3.8, 4) is 5.75 Å². The van der Waals surface area contributed by atoms with Crippen LogP contribution in [0.3, 0.4) is 0 Å². The fourth-order valence-corrected chi connectivity index (χ4v) is 4.32. The normalized spacial score (nSPS) is 16.5. The lowest BCUT2D eigenvalue weighted by molar-refractivity contribution is -0.117. The van der Waals surface area contributed by atoms with Crippen LogP contribution < -0.4 is 20.3 Å². The van der Waals surface area contributed by atoms with E-state index in [-0.39, 0.29) is 24.3 Å². The lowest BCUT2D eigenvalue weighted by Crippen LogP contribution is -2.33. The number of anilines is 2. The highest BCUT2D eigenvalue weighted by atomic mass is 16.5. The first-order valence-corrected chi connectivity index (χ1v) is 11.7. The molecule has 3 amide bonds. The molecule has 1 aliphatic carbocycles. The summed E-state index contributed by atoms with van der Waals surface area (Å²) in [5, 5.41) is 5.34. The number of pyridine rings is 1. The van der Waals surface area contributed by atoms with Gasteiger partial charge in [-0.2, -0.15) is 0 Å². The fourth-order valence-electron chi connectivity index (χ4n) is 4.32. The lowest BCUT2D eigenvalue weighted by atomic mass is 9.90. The highest BCUT2D eigenvalue weighted by Gasteiger charge is 2.22. The van der Waals surface area contributed by atoms with Crippen LogP contribution >= 0.6 is 0 Å². The number of amides is 3. The van der Waals surface area contributed by atoms with Crippen LogP contribution in [0.5, 0.6) is 5.75 Å². The van der Waals surface area contributed by atoms with Crippen LogP contribution in [0.1, 0.15) is 55.3 Å². The summed E-state index contributed by atoms with van der Waals surface area (Å²) in [4.78, 5) is 42.6. The number of aromatic nitrogens is 1. The second kappa shape index (κ2) is 10.9. The van der Waals surface area contributed by atoms with Crippen molar-refractivity contribution in [3.05, 3.63) is 48.2 Å². The maximum absolute atomic E-state index is 12.4. The molecule has 1 aromatic heterocycles. The van der Waals surface area contributed by atoms with Gasteiger partial charge in [-0.25, -0.2) is 4.98 Å². The molecule has 8 heteroatoms. The number of nitrogens with zero attached hydrogens (tertiary/aromatic N) is 2. The summed E-state index contributed by atoms with van der Waals surface area (Å²) in [5.74, 6) is 0.780. The van der Waals surface area contributed by atoms with E-state index >= 15 is 0 Å². The number of ether oxygens (including phenoxy) is 1. The third-order valence-electron chi connectivity index (χ3n) is 6.15. The Morgan fingerprint density at radius 1 is 1.06 bits per heavy atom. The Labute approximate surface area is 193 Å². The number of hydrogen-bond acceptors (Lipinski definition) is 5. The molecular weight excluding hydrogens is 420 g/mol. The first kappa shape index (κ1) is 22.8. The second-order valence-electron chi connectivity index (χ2n) is 8.59. The number of benzene rings is 1. The van der Waals surface area contributed by atoms with Crippen LogP contribution in [0.2, 0.25) is 0 Å². The molecular formula is C25H30N4O4. The highest BCUT2D eigenvalue weighted by molar-refractivity contribution is 6.00. The quantitative estimate of drug-likeness (QED) is 0.641. The van der Waals surface area contributed by atoms with Gasteiger partial charge in [0.15, 0.2) is 11.6 Å². The maximum Gasteiger partial charge on any atom is 0.251 e. The zero-order valence-electron chi connectivity index (χ0n) is 18.7. The van der Waals surface area contributed by atoms with Gasteiger partial charge >= 0.3 is 0 Å². The van der Waals surface area contributed by atoms with Gasteiger partial charge in [0.05, 0.1) is 13.2 Å². The zero-order valence-corrected chi connectivity index (χ0v) is 18.7. The first-order valence-electron chi connectivity index (χ1n) is 11.7. The molecule has 4 rings (SSSR count). The second-order valence-corrected chi connectivity index (χ2v) is 8.59. The van der Waals surface area contributed by atoms with E-state index < -0.39 is 0 Å². The summed E-state index contributed by atoms with van der Waals surface area (Å²) in [6.07, 6.45) is 9.10. The molecule has 0 spiro atoms. The largest absolute Gasteiger partial charge is 0.489 e. The van der Waals surface area contributed by atoms with E-state index in [4.69, 9.17) is 4.74 Å². The van der Waals surface area contributed by atoms with Crippen LogP contribution in [-0.2, 0) is 9.59 Å². The molecule has 2 heterocycles. The highest BCUT2D eigenvalue weighted by Crippen LogP contribution is 2.27. The van der Waals surface area contributed by atoms with Crippen LogP contribution in [-0.4, -0.2) is 42.4 Å². The van der Waals surface area contributed by atoms with Crippen LogP contribution in [0.25, 0.3) is 0 Å². The van der Waals surface area contributed by atoms with E-state index in [1.54, 1.807) is 47.5 Å². The molecule has 1 saturated heterocycles. The van der Waals surface area contributed by atoms with Crippen molar-refractivity contribution in [2.75, 3.05) is 29.9 Å². The van der Waals surface area contributed by atoms with Gasteiger partial charge in [0, 0.05) is 30.4 Å². The van der Waals surface area contributed by atoms with Crippen LogP contribution in [0.4, 0.5) is 11.5 Å². The van der Waals surface area contributed by atoms with E-state index in [1.165, 1.54) is 32.1 Å². The van der Waals surface area contributed by atoms with Crippen molar-refractivity contribution >= 4 is 29.2 Å². The van der Waals surface area contributed by atoms with Gasteiger partial charge < -0.3 is 20.3 Å². The SMILES string of the molecule is O=C(CNC(=O)c1ccc(N2CCCC2=O)cc1)Nc1ncccc1OCC1CCCCC1. The van der Waals surface area contributed by atoms with Crippen molar-refractivity contribution in [2.24, 2.45) is 5.92 Å². The number of hydrogen-bond donors (Lipinski definition) is 2. The van der Waals surface area contributed by atoms with E-state index in [2.05, 4.69) is 15.6 Å². The Hall–Kier alpha value is -3.42. The van der Waals surface area contributed by atoms with E-state index in [9.17, 15) is 14.4 Å². The molecule has 1 aromatic carbocycles. The number of carbonyl (C=O) groups excluding carboxylic acids is 3. The number of nitrogens with one attached hydrogen (secondary N) is 2. The molecule has 0 bridgehead atoms. The molecule has 0 unspecified atom stereocenters. The standard InChI is InChI=1S/C25H30N4O4/c30-22(28-24-21(8-4-14-26-24)33-17-18-6-2-1-3-7-18)16-27-25(32)19-10-12-20(13-11-19)29-15-5-9-23(29)31/h4,8,10-14,18H,1-3,5-7,9,15-17H2,(H,27,32)(H,26,28,30). The molecule has 0 atom stereocenters. The summed E-state index contributed by atoms with van der Waals surface area (Å²) in [6.45, 7) is 1.12. The Morgan fingerprint density at radius 3 is 2.58 bits per heavy atom. The minimum absolute atomic E-state index is 0.0977. The van der Waals surface area contributed by atoms with E-state index in [0.29, 0.717) is 42.6 Å². The summed E-state index contributed by atoms with van der Waals surface area (Å²) >= 11 is 0. The molecule has 1 aliphatic heterocycles. The van der Waals surface area contributed by atoms with Gasteiger partial charge in [-0.3, -0.25) is 14.4 Å². The average Bonchev–Trinajstić information content (AvgIpc) is 3.28. The number of rotatable bonds is 8. The number of carbonyl (C=O) groups is 3. The predicted molar refractivity (Wildman–Crippen MR) is 125 cm³/mol. The van der Waals surface area contributed by atoms with Crippen molar-refractivity contribution in [1.29, 1.82) is 0 Å². The topological polar surface area (TPSA) is 101 Å². The summed E-state index contributed by atoms with van der Waals surface area (Å²) < 4.78 is 5.94. The minimum Gasteiger partial charge on any atom is -0.489 e. The van der Waals surface area contributed by atoms with Gasteiger partial charge in [0.25, 0.3) is 5.91 Å². The summed E-state index contributed by atoms with van der Waals surface area (Å²) in [5.41, 5.74) is 1.20. The van der Waals surface area contributed by atoms with Crippen LogP contribution in [0, 0.1) is 5.92 Å². The third-order valence-corrected chi connectivity index (χ3v) is 6.15. The monoisotopic (exact) mass is 450 g/mol. The van der Waals surface area contributed by atoms with Gasteiger partial charge in [-0.15, -0.1) is 0 Å².